The van der Waals surface area contributed by atoms with Crippen LogP contribution in [-0.4, -0.2) is 31.1 Å². The van der Waals surface area contributed by atoms with E-state index in [4.69, 9.17) is 16.3 Å². The molecule has 140 valence electrons. The van der Waals surface area contributed by atoms with Crippen molar-refractivity contribution >= 4 is 22.2 Å². The molecule has 1 aliphatic carbocycles. The largest absolute Gasteiger partial charge is 0.492 e. The monoisotopic (exact) mass is 379 g/mol. The predicted molar refractivity (Wildman–Crippen MR) is 115 cm³/mol. The van der Waals surface area contributed by atoms with Crippen LogP contribution in [0.1, 0.15) is 25.0 Å². The van der Waals surface area contributed by atoms with Crippen LogP contribution in [0.4, 0.5) is 0 Å². The number of likely N-dealkylation sites (N-methyl/N-ethyl adjacent to an activating group) is 1. The second-order valence-electron chi connectivity index (χ2n) is 6.41. The first-order valence-corrected chi connectivity index (χ1v) is 9.90. The number of nitrogens with zero attached hydrogens (tertiary/aromatic N) is 1. The minimum absolute atomic E-state index is 0.676. The molecule has 0 aromatic heterocycles. The van der Waals surface area contributed by atoms with Crippen molar-refractivity contribution < 1.29 is 4.74 Å². The number of hydrogen-bond acceptors (Lipinski definition) is 2. The highest BCUT2D eigenvalue weighted by Gasteiger charge is 2.22. The number of hydrogen-bond donors (Lipinski definition) is 0. The van der Waals surface area contributed by atoms with Gasteiger partial charge in [0.25, 0.3) is 0 Å². The molecule has 27 heavy (non-hydrogen) atoms. The smallest absolute Gasteiger partial charge is 0.127 e. The fourth-order valence-electron chi connectivity index (χ4n) is 3.13. The maximum absolute atomic E-state index is 6.86. The van der Waals surface area contributed by atoms with Gasteiger partial charge in [-0.1, -0.05) is 86.1 Å². The van der Waals surface area contributed by atoms with Crippen LogP contribution < -0.4 is 0 Å². The Balaban J connectivity index is 1.83. The van der Waals surface area contributed by atoms with E-state index >= 15 is 0 Å². The highest BCUT2D eigenvalue weighted by molar-refractivity contribution is 6.53. The summed E-state index contributed by atoms with van der Waals surface area (Å²) >= 11 is 6.86. The number of halogens is 1. The molecule has 0 aliphatic heterocycles. The van der Waals surface area contributed by atoms with Gasteiger partial charge in [-0.2, -0.15) is 0 Å². The van der Waals surface area contributed by atoms with E-state index in [-0.39, 0.29) is 0 Å². The molecule has 0 saturated heterocycles. The molecule has 2 aromatic carbocycles. The second-order valence-corrected chi connectivity index (χ2v) is 6.79. The molecule has 0 saturated carbocycles. The molecule has 1 aliphatic rings. The molecule has 0 N–H and O–H groups in total. The normalized spacial score (nSPS) is 14.2. The Morgan fingerprint density at radius 1 is 0.852 bits per heavy atom. The number of allylic oxidation sites excluding steroid dienone is 3. The summed E-state index contributed by atoms with van der Waals surface area (Å²) in [4.78, 5) is 2.35. The Labute approximate surface area is 167 Å². The Morgan fingerprint density at radius 3 is 1.96 bits per heavy atom. The first-order valence-electron chi connectivity index (χ1n) is 9.53. The van der Waals surface area contributed by atoms with Crippen LogP contribution in [0.2, 0.25) is 0 Å². The lowest BCUT2D eigenvalue weighted by Gasteiger charge is -2.25. The van der Waals surface area contributed by atoms with E-state index < -0.39 is 0 Å². The van der Waals surface area contributed by atoms with Gasteiger partial charge in [-0.25, -0.2) is 0 Å². The van der Waals surface area contributed by atoms with Crippen molar-refractivity contribution in [3.63, 3.8) is 0 Å². The first kappa shape index (κ1) is 19.5. The molecule has 0 spiro atoms. The van der Waals surface area contributed by atoms with Crippen molar-refractivity contribution in [2.24, 2.45) is 0 Å². The molecular formula is C24H26ClNO. The standard InChI is InChI=1S/C24H26ClNO/c1-3-26(4-2)17-18-27-22-16-15-21(22)23(19-11-7-5-8-12-19)24(25)20-13-9-6-10-14-20/h5-16H,3-4,17-18H2,1-2H3/b24-23+. The van der Waals surface area contributed by atoms with Gasteiger partial charge in [0.05, 0.1) is 5.03 Å². The highest BCUT2D eigenvalue weighted by atomic mass is 35.5. The lowest BCUT2D eigenvalue weighted by atomic mass is 9.89. The van der Waals surface area contributed by atoms with Crippen LogP contribution in [0.25, 0.3) is 10.6 Å². The summed E-state index contributed by atoms with van der Waals surface area (Å²) in [6, 6.07) is 20.4. The summed E-state index contributed by atoms with van der Waals surface area (Å²) in [5, 5.41) is 0.742. The molecule has 0 amide bonds. The lowest BCUT2D eigenvalue weighted by Crippen LogP contribution is -2.27. The van der Waals surface area contributed by atoms with Crippen LogP contribution in [-0.2, 0) is 4.74 Å². The van der Waals surface area contributed by atoms with Gasteiger partial charge in [-0.15, -0.1) is 0 Å². The molecule has 0 radical (unpaired) electrons. The Bertz CT molecular complexity index is 833. The van der Waals surface area contributed by atoms with Gasteiger partial charge in [-0.3, -0.25) is 0 Å². The SMILES string of the molecule is CCN(CC)CCOC1=CC=C1/C(=C(/Cl)c1ccccc1)c1ccccc1. The van der Waals surface area contributed by atoms with Gasteiger partial charge in [0.15, 0.2) is 0 Å². The van der Waals surface area contributed by atoms with Crippen molar-refractivity contribution in [1.29, 1.82) is 0 Å². The molecule has 3 rings (SSSR count). The van der Waals surface area contributed by atoms with Crippen LogP contribution in [0, 0.1) is 0 Å². The number of ether oxygens (including phenoxy) is 1. The predicted octanol–water partition coefficient (Wildman–Crippen LogP) is 5.98. The minimum Gasteiger partial charge on any atom is -0.492 e. The first-order chi connectivity index (χ1) is 13.2. The van der Waals surface area contributed by atoms with Crippen molar-refractivity contribution in [3.05, 3.63) is 95.3 Å². The second kappa shape index (κ2) is 9.59. The summed E-state index contributed by atoms with van der Waals surface area (Å²) in [5.74, 6) is 0.912. The van der Waals surface area contributed by atoms with Gasteiger partial charge < -0.3 is 9.64 Å². The maximum atomic E-state index is 6.86. The molecule has 0 unspecified atom stereocenters. The zero-order valence-electron chi connectivity index (χ0n) is 16.0. The van der Waals surface area contributed by atoms with Crippen molar-refractivity contribution in [2.75, 3.05) is 26.2 Å². The highest BCUT2D eigenvalue weighted by Crippen LogP contribution is 2.41. The molecular weight excluding hydrogens is 354 g/mol. The van der Waals surface area contributed by atoms with E-state index in [0.717, 1.165) is 52.7 Å². The Kier molecular flexibility index (Phi) is 6.92. The summed E-state index contributed by atoms with van der Waals surface area (Å²) in [6.07, 6.45) is 4.11. The van der Waals surface area contributed by atoms with E-state index in [1.54, 1.807) is 0 Å². The van der Waals surface area contributed by atoms with Crippen LogP contribution in [0.5, 0.6) is 0 Å². The molecule has 0 bridgehead atoms. The molecule has 0 atom stereocenters. The molecule has 0 fully saturated rings. The molecule has 0 heterocycles. The molecule has 3 heteroatoms. The fraction of sp³-hybridized carbons (Fsp3) is 0.250. The van der Waals surface area contributed by atoms with Crippen LogP contribution in [0.15, 0.2) is 84.1 Å². The number of benzene rings is 2. The van der Waals surface area contributed by atoms with E-state index in [0.29, 0.717) is 6.61 Å². The topological polar surface area (TPSA) is 12.5 Å². The molecule has 2 aromatic rings. The van der Waals surface area contributed by atoms with Gasteiger partial charge in [0.1, 0.15) is 12.4 Å². The Hall–Kier alpha value is -2.29. The third-order valence-corrected chi connectivity index (χ3v) is 5.21. The Morgan fingerprint density at radius 2 is 1.44 bits per heavy atom. The van der Waals surface area contributed by atoms with Gasteiger partial charge >= 0.3 is 0 Å². The van der Waals surface area contributed by atoms with Crippen molar-refractivity contribution in [2.45, 2.75) is 13.8 Å². The lowest BCUT2D eigenvalue weighted by molar-refractivity contribution is 0.168. The van der Waals surface area contributed by atoms with Crippen LogP contribution >= 0.6 is 11.6 Å². The average molecular weight is 380 g/mol. The number of rotatable bonds is 9. The van der Waals surface area contributed by atoms with Crippen molar-refractivity contribution in [3.8, 4) is 0 Å². The fourth-order valence-corrected chi connectivity index (χ4v) is 3.46. The van der Waals surface area contributed by atoms with E-state index in [1.165, 1.54) is 0 Å². The summed E-state index contributed by atoms with van der Waals surface area (Å²) < 4.78 is 6.07. The summed E-state index contributed by atoms with van der Waals surface area (Å²) in [6.45, 7) is 8.03. The maximum Gasteiger partial charge on any atom is 0.127 e. The van der Waals surface area contributed by atoms with E-state index in [2.05, 4.69) is 37.0 Å². The minimum atomic E-state index is 0.676. The van der Waals surface area contributed by atoms with Crippen molar-refractivity contribution in [1.82, 2.24) is 4.90 Å². The van der Waals surface area contributed by atoms with Gasteiger partial charge in [0.2, 0.25) is 0 Å². The van der Waals surface area contributed by atoms with Gasteiger partial charge in [0, 0.05) is 17.7 Å². The third-order valence-electron chi connectivity index (χ3n) is 4.80. The third kappa shape index (κ3) is 4.71. The zero-order valence-corrected chi connectivity index (χ0v) is 16.7. The quantitative estimate of drug-likeness (QED) is 0.497. The van der Waals surface area contributed by atoms with Crippen LogP contribution in [0.3, 0.4) is 0 Å². The zero-order chi connectivity index (χ0) is 19.1. The molecule has 2 nitrogen and oxygen atoms in total. The van der Waals surface area contributed by atoms with Gasteiger partial charge in [-0.05, 0) is 36.4 Å². The van der Waals surface area contributed by atoms with E-state index in [9.17, 15) is 0 Å². The summed E-state index contributed by atoms with van der Waals surface area (Å²) in [7, 11) is 0. The average Bonchev–Trinajstić information content (AvgIpc) is 2.72. The summed E-state index contributed by atoms with van der Waals surface area (Å²) in [5.41, 5.74) is 4.18. The van der Waals surface area contributed by atoms with E-state index in [1.807, 2.05) is 54.6 Å².